The first-order valence-electron chi connectivity index (χ1n) is 9.24. The number of halogens is 1. The number of carbonyl (C=O) groups excluding carboxylic acids is 2. The number of hydrogen-bond donors (Lipinski definition) is 1. The molecule has 150 valence electrons. The van der Waals surface area contributed by atoms with Crippen LogP contribution in [0.2, 0.25) is 0 Å². The molecule has 0 radical (unpaired) electrons. The van der Waals surface area contributed by atoms with E-state index in [1.165, 1.54) is 40.5 Å². The lowest BCUT2D eigenvalue weighted by Gasteiger charge is -2.10. The fraction of sp³-hybridized carbons (Fsp3) is 0.300. The predicted molar refractivity (Wildman–Crippen MR) is 105 cm³/mol. The number of fused-ring (bicyclic) bond motifs is 3. The standard InChI is InChI=1S/C20H18FN3O4S/c21-13-5-3-4-12(8-13)19(27)22-10-18(26)28-11-14-9-17(25)24-15-6-1-2-7-16(15)29-20(24)23-14/h3-5,8-9H,1-2,6-7,10-11H2,(H,22,27). The fourth-order valence-corrected chi connectivity index (χ4v) is 4.54. The van der Waals surface area contributed by atoms with Gasteiger partial charge in [-0.3, -0.25) is 18.8 Å². The Morgan fingerprint density at radius 1 is 1.24 bits per heavy atom. The van der Waals surface area contributed by atoms with E-state index in [4.69, 9.17) is 4.74 Å². The van der Waals surface area contributed by atoms with Gasteiger partial charge in [-0.05, 0) is 43.9 Å². The summed E-state index contributed by atoms with van der Waals surface area (Å²) in [6.07, 6.45) is 4.00. The highest BCUT2D eigenvalue weighted by molar-refractivity contribution is 7.17. The van der Waals surface area contributed by atoms with Crippen molar-refractivity contribution in [3.63, 3.8) is 0 Å². The van der Waals surface area contributed by atoms with Gasteiger partial charge in [0.25, 0.3) is 11.5 Å². The normalized spacial score (nSPS) is 13.1. The summed E-state index contributed by atoms with van der Waals surface area (Å²) < 4.78 is 19.9. The highest BCUT2D eigenvalue weighted by Gasteiger charge is 2.19. The summed E-state index contributed by atoms with van der Waals surface area (Å²) in [5.41, 5.74) is 1.33. The van der Waals surface area contributed by atoms with Crippen LogP contribution in [0, 0.1) is 5.82 Å². The second kappa shape index (κ2) is 8.12. The van der Waals surface area contributed by atoms with Gasteiger partial charge in [-0.1, -0.05) is 6.07 Å². The van der Waals surface area contributed by atoms with Crippen LogP contribution in [0.1, 0.15) is 39.5 Å². The highest BCUT2D eigenvalue weighted by atomic mass is 32.1. The summed E-state index contributed by atoms with van der Waals surface area (Å²) in [5, 5.41) is 2.37. The van der Waals surface area contributed by atoms with E-state index in [0.29, 0.717) is 10.7 Å². The third-order valence-electron chi connectivity index (χ3n) is 4.68. The second-order valence-electron chi connectivity index (χ2n) is 6.74. The van der Waals surface area contributed by atoms with E-state index in [1.54, 1.807) is 4.40 Å². The molecule has 0 fully saturated rings. The van der Waals surface area contributed by atoms with Gasteiger partial charge in [0, 0.05) is 22.2 Å². The maximum Gasteiger partial charge on any atom is 0.325 e. The first-order chi connectivity index (χ1) is 14.0. The van der Waals surface area contributed by atoms with Crippen LogP contribution in [0.4, 0.5) is 4.39 Å². The van der Waals surface area contributed by atoms with Gasteiger partial charge >= 0.3 is 5.97 Å². The average molecular weight is 415 g/mol. The minimum atomic E-state index is -0.678. The topological polar surface area (TPSA) is 89.8 Å². The monoisotopic (exact) mass is 415 g/mol. The van der Waals surface area contributed by atoms with Crippen molar-refractivity contribution in [2.45, 2.75) is 32.3 Å². The minimum absolute atomic E-state index is 0.111. The Morgan fingerprint density at radius 3 is 2.90 bits per heavy atom. The fourth-order valence-electron chi connectivity index (χ4n) is 3.31. The molecular weight excluding hydrogens is 397 g/mol. The van der Waals surface area contributed by atoms with Crippen LogP contribution in [0.5, 0.6) is 0 Å². The van der Waals surface area contributed by atoms with Gasteiger partial charge in [0.05, 0.1) is 5.69 Å². The van der Waals surface area contributed by atoms with Crippen molar-refractivity contribution in [1.29, 1.82) is 0 Å². The first kappa shape index (κ1) is 19.3. The zero-order valence-electron chi connectivity index (χ0n) is 15.4. The summed E-state index contributed by atoms with van der Waals surface area (Å²) >= 11 is 1.50. The molecule has 1 aromatic carbocycles. The number of amides is 1. The molecule has 0 saturated heterocycles. The highest BCUT2D eigenvalue weighted by Crippen LogP contribution is 2.28. The minimum Gasteiger partial charge on any atom is -0.458 e. The first-order valence-corrected chi connectivity index (χ1v) is 10.1. The summed E-state index contributed by atoms with van der Waals surface area (Å²) in [7, 11) is 0. The Labute approximate surface area is 169 Å². The molecule has 1 aliphatic carbocycles. The van der Waals surface area contributed by atoms with E-state index in [1.807, 2.05) is 0 Å². The lowest BCUT2D eigenvalue weighted by atomic mass is 10.0. The van der Waals surface area contributed by atoms with Crippen LogP contribution in [0.3, 0.4) is 0 Å². The zero-order valence-corrected chi connectivity index (χ0v) is 16.3. The molecule has 0 spiro atoms. The van der Waals surface area contributed by atoms with Gasteiger partial charge in [-0.15, -0.1) is 11.3 Å². The Kier molecular flexibility index (Phi) is 5.39. The van der Waals surface area contributed by atoms with Crippen molar-refractivity contribution in [1.82, 2.24) is 14.7 Å². The lowest BCUT2D eigenvalue weighted by molar-refractivity contribution is -0.143. The molecule has 1 aliphatic rings. The Balaban J connectivity index is 1.37. The van der Waals surface area contributed by atoms with Crippen LogP contribution in [-0.4, -0.2) is 27.8 Å². The quantitative estimate of drug-likeness (QED) is 0.646. The molecule has 1 amide bonds. The number of thiazole rings is 1. The molecule has 2 aromatic heterocycles. The number of esters is 1. The van der Waals surface area contributed by atoms with Crippen molar-refractivity contribution >= 4 is 28.2 Å². The number of aromatic nitrogens is 2. The van der Waals surface area contributed by atoms with Crippen molar-refractivity contribution < 1.29 is 18.7 Å². The van der Waals surface area contributed by atoms with Gasteiger partial charge in [-0.25, -0.2) is 9.37 Å². The summed E-state index contributed by atoms with van der Waals surface area (Å²) in [5.74, 6) is -1.80. The Morgan fingerprint density at radius 2 is 2.07 bits per heavy atom. The largest absolute Gasteiger partial charge is 0.458 e. The number of aryl methyl sites for hydroxylation is 2. The van der Waals surface area contributed by atoms with Gasteiger partial charge < -0.3 is 10.1 Å². The van der Waals surface area contributed by atoms with Crippen molar-refractivity contribution in [2.75, 3.05) is 6.54 Å². The molecule has 0 atom stereocenters. The zero-order chi connectivity index (χ0) is 20.4. The Bertz CT molecular complexity index is 1150. The van der Waals surface area contributed by atoms with Crippen LogP contribution in [0.25, 0.3) is 4.96 Å². The summed E-state index contributed by atoms with van der Waals surface area (Å²) in [6, 6.07) is 6.52. The SMILES string of the molecule is O=C(CNC(=O)c1cccc(F)c1)OCc1cc(=O)n2c3c(sc2n1)CCCC3. The Hall–Kier alpha value is -3.07. The predicted octanol–water partition coefficient (Wildman–Crippen LogP) is 2.25. The van der Waals surface area contributed by atoms with E-state index in [0.717, 1.165) is 37.4 Å². The molecule has 0 unspecified atom stereocenters. The number of carbonyl (C=O) groups is 2. The molecule has 7 nitrogen and oxygen atoms in total. The van der Waals surface area contributed by atoms with E-state index in [-0.39, 0.29) is 24.3 Å². The number of ether oxygens (including phenoxy) is 1. The maximum absolute atomic E-state index is 13.1. The number of hydrogen-bond acceptors (Lipinski definition) is 6. The molecule has 29 heavy (non-hydrogen) atoms. The molecule has 0 aliphatic heterocycles. The molecule has 0 bridgehead atoms. The summed E-state index contributed by atoms with van der Waals surface area (Å²) in [4.78, 5) is 42.5. The molecule has 2 heterocycles. The number of benzene rings is 1. The third kappa shape index (κ3) is 4.19. The van der Waals surface area contributed by atoms with Crippen LogP contribution < -0.4 is 10.9 Å². The van der Waals surface area contributed by atoms with Crippen LogP contribution in [-0.2, 0) is 29.0 Å². The van der Waals surface area contributed by atoms with Crippen LogP contribution in [0.15, 0.2) is 35.1 Å². The van der Waals surface area contributed by atoms with Gasteiger partial charge in [0.1, 0.15) is 19.0 Å². The lowest BCUT2D eigenvalue weighted by Crippen LogP contribution is -2.30. The molecule has 4 rings (SSSR count). The van der Waals surface area contributed by atoms with E-state index >= 15 is 0 Å². The molecule has 1 N–H and O–H groups in total. The average Bonchev–Trinajstić information content (AvgIpc) is 3.09. The number of nitrogens with zero attached hydrogens (tertiary/aromatic N) is 2. The smallest absolute Gasteiger partial charge is 0.325 e. The van der Waals surface area contributed by atoms with Gasteiger partial charge in [0.15, 0.2) is 4.96 Å². The van der Waals surface area contributed by atoms with E-state index in [2.05, 4.69) is 10.3 Å². The molecule has 0 saturated carbocycles. The molecule has 3 aromatic rings. The van der Waals surface area contributed by atoms with E-state index < -0.39 is 17.7 Å². The van der Waals surface area contributed by atoms with Crippen molar-refractivity contribution in [2.24, 2.45) is 0 Å². The van der Waals surface area contributed by atoms with Crippen molar-refractivity contribution in [3.05, 3.63) is 68.3 Å². The number of rotatable bonds is 5. The van der Waals surface area contributed by atoms with Gasteiger partial charge in [-0.2, -0.15) is 0 Å². The van der Waals surface area contributed by atoms with Crippen molar-refractivity contribution in [3.8, 4) is 0 Å². The second-order valence-corrected chi connectivity index (χ2v) is 7.80. The third-order valence-corrected chi connectivity index (χ3v) is 5.82. The maximum atomic E-state index is 13.1. The van der Waals surface area contributed by atoms with Gasteiger partial charge in [0.2, 0.25) is 0 Å². The molecular formula is C20H18FN3O4S. The van der Waals surface area contributed by atoms with E-state index in [9.17, 15) is 18.8 Å². The van der Waals surface area contributed by atoms with Crippen LogP contribution >= 0.6 is 11.3 Å². The molecule has 9 heteroatoms. The number of nitrogens with one attached hydrogen (secondary N) is 1. The summed E-state index contributed by atoms with van der Waals surface area (Å²) in [6.45, 7) is -0.535.